The number of hydrogen-bond donors (Lipinski definition) is 1. The topological polar surface area (TPSA) is 63.4 Å². The van der Waals surface area contributed by atoms with Crippen LogP contribution in [0.3, 0.4) is 0 Å². The van der Waals surface area contributed by atoms with Crippen LogP contribution in [0.2, 0.25) is 5.02 Å². The quantitative estimate of drug-likeness (QED) is 0.872. The van der Waals surface area contributed by atoms with E-state index in [4.69, 9.17) is 17.3 Å². The number of hydrogen-bond acceptors (Lipinski definition) is 3. The van der Waals surface area contributed by atoms with Crippen molar-refractivity contribution in [2.75, 3.05) is 24.6 Å². The minimum atomic E-state index is -1.45. The molecule has 0 radical (unpaired) electrons. The van der Waals surface area contributed by atoms with Gasteiger partial charge in [0.25, 0.3) is 0 Å². The van der Waals surface area contributed by atoms with Crippen LogP contribution < -0.4 is 5.73 Å². The minimum Gasteiger partial charge on any atom is -0.399 e. The van der Waals surface area contributed by atoms with Gasteiger partial charge in [0.2, 0.25) is 5.91 Å². The average molecular weight is 315 g/mol. The first kappa shape index (κ1) is 15.3. The largest absolute Gasteiger partial charge is 0.399 e. The number of carbonyl (C=O) groups excluding carboxylic acids is 1. The van der Waals surface area contributed by atoms with E-state index in [1.165, 1.54) is 0 Å². The highest BCUT2D eigenvalue weighted by Crippen LogP contribution is 2.23. The second-order valence-electron chi connectivity index (χ2n) is 4.97. The molecule has 1 atom stereocenters. The van der Waals surface area contributed by atoms with Gasteiger partial charge in [-0.15, -0.1) is 0 Å². The molecular weight excluding hydrogens is 296 g/mol. The standard InChI is InChI=1S/C14H19ClN2O2S/c15-12-6-5-11(16)9-13(12)20(19)10-14(18)17-7-3-1-2-4-8-17/h5-6,9H,1-4,7-8,10,16H2. The molecule has 110 valence electrons. The highest BCUT2D eigenvalue weighted by molar-refractivity contribution is 7.85. The summed E-state index contributed by atoms with van der Waals surface area (Å²) >= 11 is 6.01. The van der Waals surface area contributed by atoms with Crippen LogP contribution in [0.25, 0.3) is 0 Å². The zero-order valence-corrected chi connectivity index (χ0v) is 12.9. The van der Waals surface area contributed by atoms with E-state index in [0.29, 0.717) is 15.6 Å². The Hall–Kier alpha value is -1.07. The Labute approximate surface area is 126 Å². The van der Waals surface area contributed by atoms with Crippen molar-refractivity contribution in [3.05, 3.63) is 23.2 Å². The van der Waals surface area contributed by atoms with Gasteiger partial charge in [0.1, 0.15) is 5.75 Å². The normalized spacial score (nSPS) is 17.6. The Balaban J connectivity index is 2.03. The fourth-order valence-corrected chi connectivity index (χ4v) is 3.79. The Bertz CT molecular complexity index is 514. The van der Waals surface area contributed by atoms with Crippen LogP contribution in [0.1, 0.15) is 25.7 Å². The van der Waals surface area contributed by atoms with E-state index in [0.717, 1.165) is 38.8 Å². The fourth-order valence-electron chi connectivity index (χ4n) is 2.30. The van der Waals surface area contributed by atoms with Crippen LogP contribution in [-0.2, 0) is 15.6 Å². The summed E-state index contributed by atoms with van der Waals surface area (Å²) in [5.41, 5.74) is 6.17. The van der Waals surface area contributed by atoms with Crippen molar-refractivity contribution in [3.63, 3.8) is 0 Å². The molecule has 2 N–H and O–H groups in total. The summed E-state index contributed by atoms with van der Waals surface area (Å²) in [5.74, 6) is -0.0906. The van der Waals surface area contributed by atoms with Crippen molar-refractivity contribution in [3.8, 4) is 0 Å². The van der Waals surface area contributed by atoms with E-state index in [9.17, 15) is 9.00 Å². The smallest absolute Gasteiger partial charge is 0.235 e. The van der Waals surface area contributed by atoms with Crippen LogP contribution in [0.15, 0.2) is 23.1 Å². The lowest BCUT2D eigenvalue weighted by Gasteiger charge is -2.20. The molecule has 20 heavy (non-hydrogen) atoms. The average Bonchev–Trinajstić information content (AvgIpc) is 2.70. The van der Waals surface area contributed by atoms with E-state index in [2.05, 4.69) is 0 Å². The lowest BCUT2D eigenvalue weighted by Crippen LogP contribution is -2.35. The number of nitrogen functional groups attached to an aromatic ring is 1. The van der Waals surface area contributed by atoms with Crippen LogP contribution in [-0.4, -0.2) is 33.9 Å². The number of benzene rings is 1. The molecule has 1 aliphatic heterocycles. The predicted molar refractivity (Wildman–Crippen MR) is 82.2 cm³/mol. The summed E-state index contributed by atoms with van der Waals surface area (Å²) in [6, 6.07) is 4.84. The van der Waals surface area contributed by atoms with Crippen molar-refractivity contribution < 1.29 is 9.00 Å². The van der Waals surface area contributed by atoms with E-state index >= 15 is 0 Å². The maximum Gasteiger partial charge on any atom is 0.235 e. The molecule has 4 nitrogen and oxygen atoms in total. The zero-order valence-electron chi connectivity index (χ0n) is 11.3. The van der Waals surface area contributed by atoms with Gasteiger partial charge < -0.3 is 10.6 Å². The van der Waals surface area contributed by atoms with Gasteiger partial charge in [-0.1, -0.05) is 24.4 Å². The predicted octanol–water partition coefficient (Wildman–Crippen LogP) is 2.43. The monoisotopic (exact) mass is 314 g/mol. The summed E-state index contributed by atoms with van der Waals surface area (Å²) in [5, 5.41) is 0.390. The second kappa shape index (κ2) is 7.09. The summed E-state index contributed by atoms with van der Waals surface area (Å²) in [6.45, 7) is 1.53. The number of halogens is 1. The third-order valence-corrected chi connectivity index (χ3v) is 5.19. The number of nitrogens with two attached hydrogens (primary N) is 1. The molecule has 2 rings (SSSR count). The minimum absolute atomic E-state index is 0.0246. The lowest BCUT2D eigenvalue weighted by molar-refractivity contribution is -0.128. The van der Waals surface area contributed by atoms with Crippen molar-refractivity contribution in [2.45, 2.75) is 30.6 Å². The molecule has 1 aromatic rings. The number of nitrogens with zero attached hydrogens (tertiary/aromatic N) is 1. The van der Waals surface area contributed by atoms with Crippen molar-refractivity contribution >= 4 is 34.0 Å². The molecule has 0 saturated carbocycles. The molecule has 1 unspecified atom stereocenters. The molecule has 0 bridgehead atoms. The van der Waals surface area contributed by atoms with Gasteiger partial charge in [0.15, 0.2) is 0 Å². The molecule has 1 amide bonds. The van der Waals surface area contributed by atoms with Crippen LogP contribution >= 0.6 is 11.6 Å². The molecule has 1 heterocycles. The van der Waals surface area contributed by atoms with Crippen LogP contribution in [0, 0.1) is 0 Å². The summed E-state index contributed by atoms with van der Waals surface area (Å²) in [4.78, 5) is 14.4. The second-order valence-corrected chi connectivity index (χ2v) is 6.80. The third-order valence-electron chi connectivity index (χ3n) is 3.41. The van der Waals surface area contributed by atoms with Crippen molar-refractivity contribution in [1.29, 1.82) is 0 Å². The third kappa shape index (κ3) is 3.96. The maximum atomic E-state index is 12.3. The summed E-state index contributed by atoms with van der Waals surface area (Å²) in [6.07, 6.45) is 4.37. The number of likely N-dealkylation sites (tertiary alicyclic amines) is 1. The number of amides is 1. The first-order chi connectivity index (χ1) is 9.58. The molecule has 1 aliphatic rings. The van der Waals surface area contributed by atoms with Gasteiger partial charge >= 0.3 is 0 Å². The first-order valence-corrected chi connectivity index (χ1v) is 8.49. The van der Waals surface area contributed by atoms with Crippen LogP contribution in [0.4, 0.5) is 5.69 Å². The Morgan fingerprint density at radius 2 is 1.90 bits per heavy atom. The number of rotatable bonds is 3. The molecule has 1 aromatic carbocycles. The molecule has 0 spiro atoms. The highest BCUT2D eigenvalue weighted by atomic mass is 35.5. The molecule has 1 saturated heterocycles. The van der Waals surface area contributed by atoms with Gasteiger partial charge in [-0.3, -0.25) is 9.00 Å². The summed E-state index contributed by atoms with van der Waals surface area (Å²) in [7, 11) is -1.45. The van der Waals surface area contributed by atoms with Crippen LogP contribution in [0.5, 0.6) is 0 Å². The molecular formula is C14H19ClN2O2S. The lowest BCUT2D eigenvalue weighted by atomic mass is 10.2. The Morgan fingerprint density at radius 1 is 1.25 bits per heavy atom. The molecule has 0 aliphatic carbocycles. The van der Waals surface area contributed by atoms with Gasteiger partial charge in [-0.05, 0) is 31.0 Å². The van der Waals surface area contributed by atoms with Gasteiger partial charge in [0.05, 0.1) is 20.7 Å². The first-order valence-electron chi connectivity index (χ1n) is 6.79. The maximum absolute atomic E-state index is 12.3. The van der Waals surface area contributed by atoms with Crippen molar-refractivity contribution in [1.82, 2.24) is 4.90 Å². The molecule has 6 heteroatoms. The zero-order chi connectivity index (χ0) is 14.5. The van der Waals surface area contributed by atoms with E-state index < -0.39 is 10.8 Å². The number of carbonyl (C=O) groups is 1. The fraction of sp³-hybridized carbons (Fsp3) is 0.500. The van der Waals surface area contributed by atoms with Gasteiger partial charge in [-0.25, -0.2) is 0 Å². The Morgan fingerprint density at radius 3 is 2.55 bits per heavy atom. The SMILES string of the molecule is Nc1ccc(Cl)c(S(=O)CC(=O)N2CCCCCC2)c1. The molecule has 0 aromatic heterocycles. The van der Waals surface area contributed by atoms with Gasteiger partial charge in [-0.2, -0.15) is 0 Å². The van der Waals surface area contributed by atoms with Crippen molar-refractivity contribution in [2.24, 2.45) is 0 Å². The highest BCUT2D eigenvalue weighted by Gasteiger charge is 2.19. The molecule has 1 fully saturated rings. The number of anilines is 1. The Kier molecular flexibility index (Phi) is 5.43. The van der Waals surface area contributed by atoms with E-state index in [-0.39, 0.29) is 11.7 Å². The van der Waals surface area contributed by atoms with E-state index in [1.54, 1.807) is 18.2 Å². The van der Waals surface area contributed by atoms with Gasteiger partial charge in [0, 0.05) is 18.8 Å². The summed E-state index contributed by atoms with van der Waals surface area (Å²) < 4.78 is 12.3. The van der Waals surface area contributed by atoms with E-state index in [1.807, 2.05) is 4.90 Å².